The maximum absolute atomic E-state index is 9.77. The van der Waals surface area contributed by atoms with Crippen molar-refractivity contribution in [3.8, 4) is 0 Å². The SMILES string of the molecule is CCCCO.O=C(O)C(O)C(O)C(=O)O. The summed E-state index contributed by atoms with van der Waals surface area (Å²) in [4.78, 5) is 19.5. The maximum atomic E-state index is 9.77. The summed E-state index contributed by atoms with van der Waals surface area (Å²) in [5.74, 6) is -3.54. The summed E-state index contributed by atoms with van der Waals surface area (Å²) in [5, 5.41) is 40.6. The summed E-state index contributed by atoms with van der Waals surface area (Å²) < 4.78 is 0. The molecular formula is C8H16O7. The second kappa shape index (κ2) is 9.38. The summed E-state index contributed by atoms with van der Waals surface area (Å²) in [5.41, 5.74) is 0. The smallest absolute Gasteiger partial charge is 0.335 e. The Balaban J connectivity index is 0. The standard InChI is InChI=1S/C4H6O6.C4H10O/c5-1(3(7)8)2(6)4(9)10;1-2-3-4-5/h1-2,5-6H,(H,7,8)(H,9,10);5H,2-4H2,1H3. The number of aliphatic hydroxyl groups excluding tert-OH is 3. The van der Waals surface area contributed by atoms with E-state index in [9.17, 15) is 9.59 Å². The zero-order valence-electron chi connectivity index (χ0n) is 8.33. The fraction of sp³-hybridized carbons (Fsp3) is 0.750. The molecule has 0 saturated heterocycles. The Kier molecular flexibility index (Phi) is 10.2. The fourth-order valence-electron chi connectivity index (χ4n) is 0.428. The summed E-state index contributed by atoms with van der Waals surface area (Å²) in [6.07, 6.45) is -2.49. The summed E-state index contributed by atoms with van der Waals surface area (Å²) in [6.45, 7) is 2.40. The van der Waals surface area contributed by atoms with Crippen LogP contribution < -0.4 is 0 Å². The van der Waals surface area contributed by atoms with Crippen LogP contribution in [0.3, 0.4) is 0 Å². The molecule has 0 aromatic rings. The number of unbranched alkanes of at least 4 members (excludes halogenated alkanes) is 1. The fourth-order valence-corrected chi connectivity index (χ4v) is 0.428. The van der Waals surface area contributed by atoms with Crippen LogP contribution in [0.25, 0.3) is 0 Å². The summed E-state index contributed by atoms with van der Waals surface area (Å²) in [7, 11) is 0. The van der Waals surface area contributed by atoms with Crippen molar-refractivity contribution in [2.24, 2.45) is 0 Å². The normalized spacial score (nSPS) is 13.3. The molecule has 90 valence electrons. The van der Waals surface area contributed by atoms with E-state index in [0.29, 0.717) is 6.61 Å². The Hall–Kier alpha value is -1.18. The number of aliphatic hydroxyl groups is 3. The Labute approximate surface area is 86.6 Å². The lowest BCUT2D eigenvalue weighted by Gasteiger charge is -2.07. The highest BCUT2D eigenvalue weighted by Gasteiger charge is 2.29. The number of carboxylic acids is 2. The first-order chi connectivity index (χ1) is 6.88. The molecule has 5 N–H and O–H groups in total. The topological polar surface area (TPSA) is 135 Å². The van der Waals surface area contributed by atoms with Crippen molar-refractivity contribution < 1.29 is 35.1 Å². The van der Waals surface area contributed by atoms with Gasteiger partial charge in [-0.3, -0.25) is 0 Å². The van der Waals surface area contributed by atoms with Gasteiger partial charge in [-0.25, -0.2) is 9.59 Å². The largest absolute Gasteiger partial charge is 0.479 e. The van der Waals surface area contributed by atoms with Gasteiger partial charge in [-0.1, -0.05) is 13.3 Å². The summed E-state index contributed by atoms with van der Waals surface area (Å²) >= 11 is 0. The molecule has 0 amide bonds. The first-order valence-electron chi connectivity index (χ1n) is 4.31. The van der Waals surface area contributed by atoms with Crippen molar-refractivity contribution in [2.75, 3.05) is 6.61 Å². The van der Waals surface area contributed by atoms with Gasteiger partial charge in [0.25, 0.3) is 0 Å². The minimum atomic E-state index is -2.27. The van der Waals surface area contributed by atoms with E-state index in [1.807, 2.05) is 0 Å². The number of rotatable bonds is 5. The van der Waals surface area contributed by atoms with Crippen LogP contribution in [-0.2, 0) is 9.59 Å². The van der Waals surface area contributed by atoms with E-state index >= 15 is 0 Å². The van der Waals surface area contributed by atoms with Crippen molar-refractivity contribution >= 4 is 11.9 Å². The number of carboxylic acid groups (broad SMARTS) is 2. The predicted molar refractivity (Wildman–Crippen MR) is 49.3 cm³/mol. The van der Waals surface area contributed by atoms with Crippen LogP contribution in [0.15, 0.2) is 0 Å². The van der Waals surface area contributed by atoms with E-state index in [1.165, 1.54) is 0 Å². The van der Waals surface area contributed by atoms with Gasteiger partial charge in [0, 0.05) is 6.61 Å². The molecule has 0 spiro atoms. The van der Waals surface area contributed by atoms with E-state index in [4.69, 9.17) is 25.5 Å². The Morgan fingerprint density at radius 1 is 1.07 bits per heavy atom. The second-order valence-corrected chi connectivity index (χ2v) is 2.64. The number of hydrogen-bond donors (Lipinski definition) is 5. The lowest BCUT2D eigenvalue weighted by molar-refractivity contribution is -0.165. The van der Waals surface area contributed by atoms with Gasteiger partial charge in [0.2, 0.25) is 0 Å². The highest BCUT2D eigenvalue weighted by Crippen LogP contribution is 1.92. The lowest BCUT2D eigenvalue weighted by atomic mass is 10.2. The van der Waals surface area contributed by atoms with E-state index < -0.39 is 24.1 Å². The van der Waals surface area contributed by atoms with Crippen molar-refractivity contribution in [1.29, 1.82) is 0 Å². The molecule has 0 aliphatic rings. The Morgan fingerprint density at radius 2 is 1.40 bits per heavy atom. The third kappa shape index (κ3) is 9.13. The van der Waals surface area contributed by atoms with E-state index in [-0.39, 0.29) is 0 Å². The van der Waals surface area contributed by atoms with Crippen LogP contribution in [-0.4, -0.2) is 56.3 Å². The molecule has 0 aliphatic carbocycles. The third-order valence-corrected chi connectivity index (χ3v) is 1.32. The maximum Gasteiger partial charge on any atom is 0.335 e. The molecule has 0 aliphatic heterocycles. The molecule has 0 heterocycles. The molecule has 2 atom stereocenters. The molecule has 7 heteroatoms. The lowest BCUT2D eigenvalue weighted by Crippen LogP contribution is -2.39. The van der Waals surface area contributed by atoms with Crippen molar-refractivity contribution in [3.63, 3.8) is 0 Å². The van der Waals surface area contributed by atoms with Gasteiger partial charge < -0.3 is 25.5 Å². The van der Waals surface area contributed by atoms with Crippen LogP contribution in [0.2, 0.25) is 0 Å². The first kappa shape index (κ1) is 16.3. The molecule has 0 aromatic heterocycles. The Bertz CT molecular complexity index is 171. The zero-order chi connectivity index (χ0) is 12.4. The van der Waals surface area contributed by atoms with Gasteiger partial charge in [-0.15, -0.1) is 0 Å². The van der Waals surface area contributed by atoms with Crippen LogP contribution >= 0.6 is 0 Å². The predicted octanol–water partition coefficient (Wildman–Crippen LogP) is -1.34. The third-order valence-electron chi connectivity index (χ3n) is 1.32. The summed E-state index contributed by atoms with van der Waals surface area (Å²) in [6, 6.07) is 0. The minimum Gasteiger partial charge on any atom is -0.479 e. The van der Waals surface area contributed by atoms with Crippen LogP contribution in [0.1, 0.15) is 19.8 Å². The van der Waals surface area contributed by atoms with Crippen molar-refractivity contribution in [2.45, 2.75) is 32.0 Å². The van der Waals surface area contributed by atoms with Gasteiger partial charge in [-0.2, -0.15) is 0 Å². The van der Waals surface area contributed by atoms with Crippen LogP contribution in [0.4, 0.5) is 0 Å². The second-order valence-electron chi connectivity index (χ2n) is 2.64. The average Bonchev–Trinajstić information content (AvgIpc) is 2.17. The average molecular weight is 224 g/mol. The van der Waals surface area contributed by atoms with E-state index in [2.05, 4.69) is 6.92 Å². The molecule has 7 nitrogen and oxygen atoms in total. The monoisotopic (exact) mass is 224 g/mol. The van der Waals surface area contributed by atoms with Crippen molar-refractivity contribution in [1.82, 2.24) is 0 Å². The van der Waals surface area contributed by atoms with Gasteiger partial charge in [0.1, 0.15) is 0 Å². The Morgan fingerprint density at radius 3 is 1.47 bits per heavy atom. The molecule has 0 fully saturated rings. The first-order valence-corrected chi connectivity index (χ1v) is 4.31. The van der Waals surface area contributed by atoms with Gasteiger partial charge in [-0.05, 0) is 6.42 Å². The van der Waals surface area contributed by atoms with Gasteiger partial charge in [0.15, 0.2) is 12.2 Å². The van der Waals surface area contributed by atoms with E-state index in [1.54, 1.807) is 0 Å². The van der Waals surface area contributed by atoms with Gasteiger partial charge >= 0.3 is 11.9 Å². The highest BCUT2D eigenvalue weighted by molar-refractivity contribution is 5.82. The molecule has 0 aromatic carbocycles. The zero-order valence-corrected chi connectivity index (χ0v) is 8.33. The van der Waals surface area contributed by atoms with Crippen LogP contribution in [0, 0.1) is 0 Å². The van der Waals surface area contributed by atoms with Crippen molar-refractivity contribution in [3.05, 3.63) is 0 Å². The van der Waals surface area contributed by atoms with Crippen LogP contribution in [0.5, 0.6) is 0 Å². The molecular weight excluding hydrogens is 208 g/mol. The molecule has 0 bridgehead atoms. The molecule has 0 rings (SSSR count). The van der Waals surface area contributed by atoms with E-state index in [0.717, 1.165) is 12.8 Å². The van der Waals surface area contributed by atoms with Gasteiger partial charge in [0.05, 0.1) is 0 Å². The number of aliphatic carboxylic acids is 2. The highest BCUT2D eigenvalue weighted by atomic mass is 16.4. The quantitative estimate of drug-likeness (QED) is 0.389. The molecule has 15 heavy (non-hydrogen) atoms. The molecule has 2 unspecified atom stereocenters. The number of hydrogen-bond acceptors (Lipinski definition) is 5. The number of carbonyl (C=O) groups is 2. The molecule has 0 saturated carbocycles. The molecule has 0 radical (unpaired) electrons. The minimum absolute atomic E-state index is 0.344.